The highest BCUT2D eigenvalue weighted by Gasteiger charge is 2.24. The molecule has 0 spiro atoms. The summed E-state index contributed by atoms with van der Waals surface area (Å²) in [6.45, 7) is 3.31. The minimum absolute atomic E-state index is 0.324. The van der Waals surface area contributed by atoms with Crippen molar-refractivity contribution in [2.24, 2.45) is 10.9 Å². The Hall–Kier alpha value is -1.71. The number of amidine groups is 1. The van der Waals surface area contributed by atoms with E-state index in [4.69, 9.17) is 10.9 Å². The van der Waals surface area contributed by atoms with E-state index < -0.39 is 0 Å². The molecule has 1 aromatic carbocycles. The fraction of sp³-hybridized carbons (Fsp3) is 0.500. The van der Waals surface area contributed by atoms with E-state index in [-0.39, 0.29) is 0 Å². The smallest absolute Gasteiger partial charge is 0.139 e. The van der Waals surface area contributed by atoms with Gasteiger partial charge in [0.1, 0.15) is 5.84 Å². The lowest BCUT2D eigenvalue weighted by Crippen LogP contribution is -2.30. The maximum absolute atomic E-state index is 8.47. The van der Waals surface area contributed by atoms with E-state index >= 15 is 0 Å². The second kappa shape index (κ2) is 5.76. The standard InChI is InChI=1S/C14H21N3O/c1-11-10-12-6-2-3-7-13(12)17(11)9-5-4-8-14(15)16-18/h2-3,6-7,11,18H,4-5,8-10H2,1H3,(H2,15,16). The van der Waals surface area contributed by atoms with Crippen LogP contribution in [0.15, 0.2) is 29.4 Å². The molecule has 0 saturated heterocycles. The van der Waals surface area contributed by atoms with Crippen molar-refractivity contribution in [2.45, 2.75) is 38.6 Å². The lowest BCUT2D eigenvalue weighted by molar-refractivity contribution is 0.316. The lowest BCUT2D eigenvalue weighted by atomic mass is 10.1. The maximum Gasteiger partial charge on any atom is 0.139 e. The average molecular weight is 247 g/mol. The summed E-state index contributed by atoms with van der Waals surface area (Å²) in [5.41, 5.74) is 8.27. The Morgan fingerprint density at radius 1 is 1.44 bits per heavy atom. The zero-order chi connectivity index (χ0) is 13.0. The molecule has 1 atom stereocenters. The number of benzene rings is 1. The first kappa shape index (κ1) is 12.7. The molecule has 1 aliphatic heterocycles. The number of para-hydroxylation sites is 1. The fourth-order valence-corrected chi connectivity index (χ4v) is 2.61. The summed E-state index contributed by atoms with van der Waals surface area (Å²) in [6, 6.07) is 9.18. The first-order valence-electron chi connectivity index (χ1n) is 6.53. The third-order valence-corrected chi connectivity index (χ3v) is 3.56. The number of hydrogen-bond donors (Lipinski definition) is 2. The summed E-state index contributed by atoms with van der Waals surface area (Å²) in [7, 11) is 0. The molecule has 4 heteroatoms. The fourth-order valence-electron chi connectivity index (χ4n) is 2.61. The predicted molar refractivity (Wildman–Crippen MR) is 74.2 cm³/mol. The van der Waals surface area contributed by atoms with Crippen LogP contribution >= 0.6 is 0 Å². The minimum Gasteiger partial charge on any atom is -0.409 e. The van der Waals surface area contributed by atoms with Crippen LogP contribution in [0.25, 0.3) is 0 Å². The molecular formula is C14H21N3O. The Morgan fingerprint density at radius 3 is 3.00 bits per heavy atom. The van der Waals surface area contributed by atoms with Crippen molar-refractivity contribution in [3.63, 3.8) is 0 Å². The summed E-state index contributed by atoms with van der Waals surface area (Å²) in [5.74, 6) is 0.324. The number of oxime groups is 1. The largest absolute Gasteiger partial charge is 0.409 e. The molecule has 0 amide bonds. The maximum atomic E-state index is 8.47. The molecule has 98 valence electrons. The van der Waals surface area contributed by atoms with Gasteiger partial charge in [0, 0.05) is 24.7 Å². The van der Waals surface area contributed by atoms with Gasteiger partial charge in [-0.25, -0.2) is 0 Å². The Morgan fingerprint density at radius 2 is 2.22 bits per heavy atom. The summed E-state index contributed by atoms with van der Waals surface area (Å²) < 4.78 is 0. The molecule has 1 heterocycles. The van der Waals surface area contributed by atoms with Gasteiger partial charge in [0.2, 0.25) is 0 Å². The van der Waals surface area contributed by atoms with E-state index in [0.29, 0.717) is 18.3 Å². The topological polar surface area (TPSA) is 61.8 Å². The number of nitrogens with zero attached hydrogens (tertiary/aromatic N) is 2. The van der Waals surface area contributed by atoms with E-state index in [1.54, 1.807) is 0 Å². The Kier molecular flexibility index (Phi) is 4.07. The van der Waals surface area contributed by atoms with Gasteiger partial charge in [0.15, 0.2) is 0 Å². The highest BCUT2D eigenvalue weighted by molar-refractivity contribution is 5.79. The third-order valence-electron chi connectivity index (χ3n) is 3.56. The zero-order valence-corrected chi connectivity index (χ0v) is 10.8. The van der Waals surface area contributed by atoms with Crippen molar-refractivity contribution < 1.29 is 5.21 Å². The first-order valence-corrected chi connectivity index (χ1v) is 6.53. The Balaban J connectivity index is 1.86. The van der Waals surface area contributed by atoms with Gasteiger partial charge in [-0.1, -0.05) is 23.4 Å². The molecule has 0 fully saturated rings. The molecule has 0 aromatic heterocycles. The Bertz CT molecular complexity index is 431. The SMILES string of the molecule is CC1Cc2ccccc2N1CCCCC(N)=NO. The number of anilines is 1. The monoisotopic (exact) mass is 247 g/mol. The van der Waals surface area contributed by atoms with Gasteiger partial charge in [-0.3, -0.25) is 0 Å². The van der Waals surface area contributed by atoms with Gasteiger partial charge < -0.3 is 15.8 Å². The highest BCUT2D eigenvalue weighted by atomic mass is 16.4. The molecular weight excluding hydrogens is 226 g/mol. The van der Waals surface area contributed by atoms with Gasteiger partial charge in [0.05, 0.1) is 0 Å². The van der Waals surface area contributed by atoms with Crippen LogP contribution in [0.4, 0.5) is 5.69 Å². The van der Waals surface area contributed by atoms with Crippen molar-refractivity contribution in [1.82, 2.24) is 0 Å². The highest BCUT2D eigenvalue weighted by Crippen LogP contribution is 2.31. The number of unbranched alkanes of at least 4 members (excludes halogenated alkanes) is 1. The molecule has 0 radical (unpaired) electrons. The number of hydrogen-bond acceptors (Lipinski definition) is 3. The normalized spacial score (nSPS) is 19.1. The third kappa shape index (κ3) is 2.75. The van der Waals surface area contributed by atoms with Crippen molar-refractivity contribution in [2.75, 3.05) is 11.4 Å². The van der Waals surface area contributed by atoms with E-state index in [1.165, 1.54) is 11.3 Å². The molecule has 1 aliphatic rings. The summed E-state index contributed by atoms with van der Waals surface area (Å²) in [5, 5.41) is 11.5. The average Bonchev–Trinajstić information content (AvgIpc) is 2.70. The van der Waals surface area contributed by atoms with Crippen molar-refractivity contribution in [1.29, 1.82) is 0 Å². The quantitative estimate of drug-likeness (QED) is 0.276. The van der Waals surface area contributed by atoms with Gasteiger partial charge in [0.25, 0.3) is 0 Å². The van der Waals surface area contributed by atoms with Crippen molar-refractivity contribution >= 4 is 11.5 Å². The molecule has 2 rings (SSSR count). The number of nitrogens with two attached hydrogens (primary N) is 1. The van der Waals surface area contributed by atoms with Crippen molar-refractivity contribution in [3.8, 4) is 0 Å². The zero-order valence-electron chi connectivity index (χ0n) is 10.8. The lowest BCUT2D eigenvalue weighted by Gasteiger charge is -2.24. The molecule has 1 aromatic rings. The van der Waals surface area contributed by atoms with Crippen LogP contribution in [-0.4, -0.2) is 23.6 Å². The van der Waals surface area contributed by atoms with E-state index in [0.717, 1.165) is 25.8 Å². The van der Waals surface area contributed by atoms with Crippen LogP contribution in [0, 0.1) is 0 Å². The number of rotatable bonds is 5. The molecule has 4 nitrogen and oxygen atoms in total. The van der Waals surface area contributed by atoms with Crippen LogP contribution < -0.4 is 10.6 Å². The first-order chi connectivity index (χ1) is 8.72. The van der Waals surface area contributed by atoms with Crippen LogP contribution in [0.3, 0.4) is 0 Å². The number of fused-ring (bicyclic) bond motifs is 1. The molecule has 3 N–H and O–H groups in total. The van der Waals surface area contributed by atoms with Crippen LogP contribution in [0.5, 0.6) is 0 Å². The van der Waals surface area contributed by atoms with Gasteiger partial charge in [-0.15, -0.1) is 0 Å². The summed E-state index contributed by atoms with van der Waals surface area (Å²) in [4.78, 5) is 2.46. The van der Waals surface area contributed by atoms with Gasteiger partial charge >= 0.3 is 0 Å². The Labute approximate surface area is 108 Å². The van der Waals surface area contributed by atoms with E-state index in [2.05, 4.69) is 41.2 Å². The second-order valence-corrected chi connectivity index (χ2v) is 4.92. The van der Waals surface area contributed by atoms with Crippen LogP contribution in [-0.2, 0) is 6.42 Å². The predicted octanol–water partition coefficient (Wildman–Crippen LogP) is 2.35. The van der Waals surface area contributed by atoms with Gasteiger partial charge in [-0.2, -0.15) is 0 Å². The van der Waals surface area contributed by atoms with E-state index in [9.17, 15) is 0 Å². The minimum atomic E-state index is 0.324. The molecule has 0 saturated carbocycles. The summed E-state index contributed by atoms with van der Waals surface area (Å²) >= 11 is 0. The van der Waals surface area contributed by atoms with Crippen LogP contribution in [0.1, 0.15) is 31.7 Å². The van der Waals surface area contributed by atoms with Crippen molar-refractivity contribution in [3.05, 3.63) is 29.8 Å². The van der Waals surface area contributed by atoms with Crippen LogP contribution in [0.2, 0.25) is 0 Å². The summed E-state index contributed by atoms with van der Waals surface area (Å²) in [6.07, 6.45) is 3.83. The molecule has 0 aliphatic carbocycles. The second-order valence-electron chi connectivity index (χ2n) is 4.92. The van der Waals surface area contributed by atoms with E-state index in [1.807, 2.05) is 0 Å². The van der Waals surface area contributed by atoms with Gasteiger partial charge in [-0.05, 0) is 37.8 Å². The molecule has 18 heavy (non-hydrogen) atoms. The molecule has 0 bridgehead atoms. The molecule has 1 unspecified atom stereocenters.